The minimum Gasteiger partial charge on any atom is -0.478 e. The fourth-order valence-corrected chi connectivity index (χ4v) is 8.37. The van der Waals surface area contributed by atoms with Gasteiger partial charge in [0.2, 0.25) is 0 Å². The highest BCUT2D eigenvalue weighted by Gasteiger charge is 2.47. The Kier molecular flexibility index (Phi) is 7.17. The number of carboxylic acid groups (broad SMARTS) is 1. The fraction of sp³-hybridized carbons (Fsp3) is 0.433. The van der Waals surface area contributed by atoms with Crippen LogP contribution in [0.25, 0.3) is 21.5 Å². The Balaban J connectivity index is 1.12. The van der Waals surface area contributed by atoms with Crippen LogP contribution in [0.1, 0.15) is 66.6 Å². The molecule has 2 saturated heterocycles. The van der Waals surface area contributed by atoms with Gasteiger partial charge in [-0.2, -0.15) is 0 Å². The average Bonchev–Trinajstić information content (AvgIpc) is 3.49. The second kappa shape index (κ2) is 10.8. The lowest BCUT2D eigenvalue weighted by atomic mass is 9.97. The van der Waals surface area contributed by atoms with Crippen molar-refractivity contribution in [1.82, 2.24) is 10.1 Å². The van der Waals surface area contributed by atoms with Crippen molar-refractivity contribution in [1.29, 1.82) is 0 Å². The molecule has 0 spiro atoms. The molecular weight excluding hydrogens is 651 g/mol. The van der Waals surface area contributed by atoms with Crippen LogP contribution in [0, 0.1) is 5.92 Å². The molecule has 4 heterocycles. The molecule has 2 bridgehead atoms. The van der Waals surface area contributed by atoms with Gasteiger partial charge >= 0.3 is 12.3 Å². The SMILES string of the molecule is C[C@@H]1CC2CC(OCc3c(-c4ccccc4OC(F)(F)F)noc3C3CC3)CC1N2c1nc2c(Br)cc(C(=O)O)cc2s1. The van der Waals surface area contributed by atoms with E-state index >= 15 is 0 Å². The van der Waals surface area contributed by atoms with E-state index in [0.29, 0.717) is 27.4 Å². The van der Waals surface area contributed by atoms with Crippen molar-refractivity contribution in [3.8, 4) is 17.0 Å². The van der Waals surface area contributed by atoms with E-state index in [1.54, 1.807) is 24.3 Å². The van der Waals surface area contributed by atoms with Crippen molar-refractivity contribution < 1.29 is 37.1 Å². The van der Waals surface area contributed by atoms with Gasteiger partial charge in [-0.25, -0.2) is 9.78 Å². The summed E-state index contributed by atoms with van der Waals surface area (Å²) >= 11 is 4.98. The molecule has 8 nitrogen and oxygen atoms in total. The number of carbonyl (C=O) groups is 1. The summed E-state index contributed by atoms with van der Waals surface area (Å²) in [5.74, 6) is -0.0467. The quantitative estimate of drug-likeness (QED) is 0.200. The van der Waals surface area contributed by atoms with Crippen LogP contribution in [0.3, 0.4) is 0 Å². The summed E-state index contributed by atoms with van der Waals surface area (Å²) in [7, 11) is 0. The van der Waals surface area contributed by atoms with E-state index in [4.69, 9.17) is 14.2 Å². The van der Waals surface area contributed by atoms with E-state index < -0.39 is 12.3 Å². The predicted molar refractivity (Wildman–Crippen MR) is 157 cm³/mol. The van der Waals surface area contributed by atoms with E-state index in [9.17, 15) is 23.1 Å². The number of fused-ring (bicyclic) bond motifs is 3. The molecule has 2 aromatic carbocycles. The molecule has 1 aliphatic carbocycles. The zero-order chi connectivity index (χ0) is 30.0. The molecule has 4 atom stereocenters. The van der Waals surface area contributed by atoms with Gasteiger partial charge in [-0.15, -0.1) is 13.2 Å². The molecular formula is C30H27BrF3N3O5S. The van der Waals surface area contributed by atoms with Gasteiger partial charge in [0, 0.05) is 33.6 Å². The third kappa shape index (κ3) is 5.51. The number of rotatable bonds is 8. The Hall–Kier alpha value is -3.16. The lowest BCUT2D eigenvalue weighted by Crippen LogP contribution is -2.46. The summed E-state index contributed by atoms with van der Waals surface area (Å²) in [4.78, 5) is 18.8. The maximum absolute atomic E-state index is 13.1. The van der Waals surface area contributed by atoms with Crippen LogP contribution >= 0.6 is 27.3 Å². The molecule has 2 aromatic heterocycles. The number of thiazole rings is 1. The molecule has 226 valence electrons. The summed E-state index contributed by atoms with van der Waals surface area (Å²) in [6.45, 7) is 2.41. The molecule has 1 N–H and O–H groups in total. The number of hydrogen-bond donors (Lipinski definition) is 1. The minimum atomic E-state index is -4.84. The number of piperidine rings is 1. The Morgan fingerprint density at radius 2 is 2.00 bits per heavy atom. The fourth-order valence-electron chi connectivity index (χ4n) is 6.53. The van der Waals surface area contributed by atoms with Crippen LogP contribution in [0.2, 0.25) is 0 Å². The lowest BCUT2D eigenvalue weighted by Gasteiger charge is -2.39. The second-order valence-electron chi connectivity index (χ2n) is 11.5. The van der Waals surface area contributed by atoms with E-state index in [1.165, 1.54) is 23.5 Å². The lowest BCUT2D eigenvalue weighted by molar-refractivity contribution is -0.274. The number of para-hydroxylation sites is 1. The number of halogens is 4. The van der Waals surface area contributed by atoms with Gasteiger partial charge < -0.3 is 24.0 Å². The van der Waals surface area contributed by atoms with Crippen molar-refractivity contribution in [3.05, 3.63) is 57.8 Å². The van der Waals surface area contributed by atoms with E-state index in [-0.39, 0.29) is 47.6 Å². The standard InChI is InChI=1S/C30H27BrF3N3O5S/c1-14-8-17-11-18(12-22(14)37(17)29-35-26-21(31)9-16(28(38)39)10-24(26)43-29)40-13-20-25(36-42-27(20)15-6-7-15)19-4-2-3-5-23(19)41-30(32,33)34/h2-5,9-10,14-15,17-18,22H,6-8,11-13H2,1H3,(H,38,39)/t14-,17?,18?,22?/m1/s1. The van der Waals surface area contributed by atoms with Crippen molar-refractivity contribution in [2.75, 3.05) is 4.90 Å². The first-order valence-corrected chi connectivity index (χ1v) is 15.7. The highest BCUT2D eigenvalue weighted by molar-refractivity contribution is 9.10. The average molecular weight is 679 g/mol. The van der Waals surface area contributed by atoms with Crippen LogP contribution in [0.5, 0.6) is 5.75 Å². The smallest absolute Gasteiger partial charge is 0.478 e. The monoisotopic (exact) mass is 677 g/mol. The van der Waals surface area contributed by atoms with E-state index in [1.807, 2.05) is 0 Å². The molecule has 7 rings (SSSR count). The minimum absolute atomic E-state index is 0.0626. The first-order valence-electron chi connectivity index (χ1n) is 14.1. The van der Waals surface area contributed by atoms with Crippen molar-refractivity contribution >= 4 is 48.6 Å². The van der Waals surface area contributed by atoms with Crippen LogP contribution < -0.4 is 9.64 Å². The molecule has 43 heavy (non-hydrogen) atoms. The Labute approximate surface area is 256 Å². The number of benzene rings is 2. The maximum atomic E-state index is 13.1. The number of aromatic carboxylic acids is 1. The number of aromatic nitrogens is 2. The number of nitrogens with zero attached hydrogens (tertiary/aromatic N) is 3. The Morgan fingerprint density at radius 3 is 2.72 bits per heavy atom. The van der Waals surface area contributed by atoms with Crippen molar-refractivity contribution in [2.24, 2.45) is 5.92 Å². The van der Waals surface area contributed by atoms with Crippen molar-refractivity contribution in [3.63, 3.8) is 0 Å². The summed E-state index contributed by atoms with van der Waals surface area (Å²) in [5, 5.41) is 14.5. The molecule has 3 fully saturated rings. The number of anilines is 1. The molecule has 1 saturated carbocycles. The zero-order valence-electron chi connectivity index (χ0n) is 22.9. The molecule has 0 amide bonds. The molecule has 2 aliphatic heterocycles. The highest BCUT2D eigenvalue weighted by atomic mass is 79.9. The molecule has 4 aromatic rings. The largest absolute Gasteiger partial charge is 0.573 e. The normalized spacial score (nSPS) is 23.7. The number of carboxylic acids is 1. The molecule has 13 heteroatoms. The van der Waals surface area contributed by atoms with Crippen LogP contribution in [0.15, 0.2) is 45.4 Å². The Morgan fingerprint density at radius 1 is 1.21 bits per heavy atom. The molecule has 3 aliphatic rings. The second-order valence-corrected chi connectivity index (χ2v) is 13.4. The molecule has 3 unspecified atom stereocenters. The van der Waals surface area contributed by atoms with Crippen molar-refractivity contribution in [2.45, 2.75) is 76.1 Å². The third-order valence-electron chi connectivity index (χ3n) is 8.59. The number of hydrogen-bond acceptors (Lipinski definition) is 8. The topological polar surface area (TPSA) is 97.9 Å². The van der Waals surface area contributed by atoms with E-state index in [2.05, 4.69) is 37.6 Å². The Bertz CT molecular complexity index is 1700. The van der Waals surface area contributed by atoms with Gasteiger partial charge in [0.25, 0.3) is 0 Å². The van der Waals surface area contributed by atoms with Gasteiger partial charge in [0.05, 0.1) is 28.5 Å². The summed E-state index contributed by atoms with van der Waals surface area (Å²) < 4.78 is 57.4. The molecule has 0 radical (unpaired) electrons. The van der Waals surface area contributed by atoms with Crippen LogP contribution in [-0.4, -0.2) is 45.8 Å². The highest BCUT2D eigenvalue weighted by Crippen LogP contribution is 2.48. The van der Waals surface area contributed by atoms with Gasteiger partial charge in [0.15, 0.2) is 5.13 Å². The third-order valence-corrected chi connectivity index (χ3v) is 10.2. The van der Waals surface area contributed by atoms with Crippen LogP contribution in [0.4, 0.5) is 18.3 Å². The van der Waals surface area contributed by atoms with Gasteiger partial charge in [-0.3, -0.25) is 0 Å². The van der Waals surface area contributed by atoms with Gasteiger partial charge in [-0.1, -0.05) is 35.5 Å². The van der Waals surface area contributed by atoms with E-state index in [0.717, 1.165) is 47.5 Å². The maximum Gasteiger partial charge on any atom is 0.573 e. The van der Waals surface area contributed by atoms with Gasteiger partial charge in [-0.05, 0) is 78.2 Å². The zero-order valence-corrected chi connectivity index (χ0v) is 25.3. The van der Waals surface area contributed by atoms with Gasteiger partial charge in [0.1, 0.15) is 17.2 Å². The number of alkyl halides is 3. The summed E-state index contributed by atoms with van der Waals surface area (Å²) in [6.07, 6.45) is -0.502. The van der Waals surface area contributed by atoms with Crippen LogP contribution in [-0.2, 0) is 11.3 Å². The summed E-state index contributed by atoms with van der Waals surface area (Å²) in [6, 6.07) is 9.59. The first kappa shape index (κ1) is 28.6. The summed E-state index contributed by atoms with van der Waals surface area (Å²) in [5.41, 5.74) is 2.16. The first-order chi connectivity index (χ1) is 20.6. The number of ether oxygens (including phenoxy) is 2. The predicted octanol–water partition coefficient (Wildman–Crippen LogP) is 8.15.